The molecule has 3 rings (SSSR count). The van der Waals surface area contributed by atoms with Crippen molar-refractivity contribution in [3.63, 3.8) is 0 Å². The Hall–Kier alpha value is -2.62. The molecule has 0 atom stereocenters. The summed E-state index contributed by atoms with van der Waals surface area (Å²) >= 11 is 0. The van der Waals surface area contributed by atoms with E-state index in [1.165, 1.54) is 12.1 Å². The van der Waals surface area contributed by atoms with Gasteiger partial charge in [0, 0.05) is 11.3 Å². The number of hydrogen-bond acceptors (Lipinski definition) is 2. The first-order valence-electron chi connectivity index (χ1n) is 7.09. The monoisotopic (exact) mass is 294 g/mol. The predicted molar refractivity (Wildman–Crippen MR) is 87.2 cm³/mol. The Morgan fingerprint density at radius 3 is 2.32 bits per heavy atom. The number of aromatic nitrogens is 2. The van der Waals surface area contributed by atoms with Gasteiger partial charge in [0.1, 0.15) is 5.82 Å². The molecular formula is C18H17FN3. The molecule has 0 bridgehead atoms. The van der Waals surface area contributed by atoms with Gasteiger partial charge in [-0.2, -0.15) is 0 Å². The van der Waals surface area contributed by atoms with Crippen molar-refractivity contribution in [3.05, 3.63) is 72.5 Å². The fourth-order valence-electron chi connectivity index (χ4n) is 2.57. The smallest absolute Gasteiger partial charge is 0.205 e. The Morgan fingerprint density at radius 2 is 1.73 bits per heavy atom. The number of imidazole rings is 1. The third kappa shape index (κ3) is 2.48. The van der Waals surface area contributed by atoms with Gasteiger partial charge >= 0.3 is 0 Å². The number of hydrogen-bond donors (Lipinski definition) is 1. The van der Waals surface area contributed by atoms with Crippen molar-refractivity contribution in [2.24, 2.45) is 0 Å². The van der Waals surface area contributed by atoms with Gasteiger partial charge in [-0.05, 0) is 62.2 Å². The molecule has 0 aliphatic heterocycles. The molecule has 0 fully saturated rings. The Morgan fingerprint density at radius 1 is 1.09 bits per heavy atom. The van der Waals surface area contributed by atoms with Crippen LogP contribution in [0, 0.1) is 19.7 Å². The van der Waals surface area contributed by atoms with Crippen molar-refractivity contribution in [3.8, 4) is 16.9 Å². The van der Waals surface area contributed by atoms with Gasteiger partial charge in [-0.15, -0.1) is 0 Å². The minimum Gasteiger partial charge on any atom is -0.369 e. The van der Waals surface area contributed by atoms with Crippen molar-refractivity contribution in [2.45, 2.75) is 13.3 Å². The summed E-state index contributed by atoms with van der Waals surface area (Å²) in [5.74, 6) is 0.152. The lowest BCUT2D eigenvalue weighted by molar-refractivity contribution is 0.628. The molecule has 2 N–H and O–H groups in total. The predicted octanol–water partition coefficient (Wildman–Crippen LogP) is 3.95. The Balaban J connectivity index is 2.16. The van der Waals surface area contributed by atoms with E-state index in [-0.39, 0.29) is 5.82 Å². The lowest BCUT2D eigenvalue weighted by Crippen LogP contribution is -2.02. The van der Waals surface area contributed by atoms with Crippen LogP contribution in [0.2, 0.25) is 0 Å². The summed E-state index contributed by atoms with van der Waals surface area (Å²) in [6.07, 6.45) is 0.740. The van der Waals surface area contributed by atoms with Crippen molar-refractivity contribution >= 4 is 5.95 Å². The van der Waals surface area contributed by atoms with Crippen molar-refractivity contribution in [1.82, 2.24) is 9.55 Å². The van der Waals surface area contributed by atoms with Crippen LogP contribution in [0.25, 0.3) is 16.9 Å². The van der Waals surface area contributed by atoms with Crippen molar-refractivity contribution in [2.75, 3.05) is 5.73 Å². The maximum Gasteiger partial charge on any atom is 0.205 e. The molecule has 0 aliphatic rings. The van der Waals surface area contributed by atoms with Gasteiger partial charge in [0.25, 0.3) is 0 Å². The lowest BCUT2D eigenvalue weighted by Gasteiger charge is -2.11. The van der Waals surface area contributed by atoms with Crippen LogP contribution in [0.15, 0.2) is 48.5 Å². The van der Waals surface area contributed by atoms with E-state index in [9.17, 15) is 4.39 Å². The fourth-order valence-corrected chi connectivity index (χ4v) is 2.57. The zero-order valence-corrected chi connectivity index (χ0v) is 12.4. The molecule has 2 aromatic carbocycles. The molecule has 0 spiro atoms. The fraction of sp³-hybridized carbons (Fsp3) is 0.111. The first kappa shape index (κ1) is 14.3. The van der Waals surface area contributed by atoms with Crippen LogP contribution in [0.5, 0.6) is 0 Å². The van der Waals surface area contributed by atoms with Gasteiger partial charge < -0.3 is 5.73 Å². The SMILES string of the molecule is [CH2]Cc1ccc(-n2c(N)nc(C)c2-c2ccc(F)cc2)cc1. The molecule has 0 aliphatic carbocycles. The van der Waals surface area contributed by atoms with Crippen molar-refractivity contribution in [1.29, 1.82) is 0 Å². The lowest BCUT2D eigenvalue weighted by atomic mass is 10.1. The van der Waals surface area contributed by atoms with E-state index in [2.05, 4.69) is 11.9 Å². The maximum atomic E-state index is 13.2. The van der Waals surface area contributed by atoms with E-state index in [0.717, 1.165) is 34.6 Å². The molecule has 0 unspecified atom stereocenters. The standard InChI is InChI=1S/C18H17FN3/c1-3-13-4-10-16(11-5-13)22-17(12(2)21-18(22)20)14-6-8-15(19)9-7-14/h4-11H,1,3H2,2H3,(H2,20,21). The minimum absolute atomic E-state index is 0.264. The summed E-state index contributed by atoms with van der Waals surface area (Å²) in [4.78, 5) is 4.36. The molecular weight excluding hydrogens is 277 g/mol. The largest absolute Gasteiger partial charge is 0.369 e. The molecule has 111 valence electrons. The zero-order valence-electron chi connectivity index (χ0n) is 12.4. The maximum absolute atomic E-state index is 13.2. The van der Waals surface area contributed by atoms with E-state index in [1.54, 1.807) is 12.1 Å². The first-order valence-corrected chi connectivity index (χ1v) is 7.09. The Labute approximate surface area is 129 Å². The summed E-state index contributed by atoms with van der Waals surface area (Å²) in [5, 5.41) is 0. The van der Waals surface area contributed by atoms with Crippen LogP contribution in [0.3, 0.4) is 0 Å². The van der Waals surface area contributed by atoms with Crippen LogP contribution < -0.4 is 5.73 Å². The first-order chi connectivity index (χ1) is 10.6. The molecule has 0 amide bonds. The molecule has 1 heterocycles. The third-order valence-corrected chi connectivity index (χ3v) is 3.68. The third-order valence-electron chi connectivity index (χ3n) is 3.68. The zero-order chi connectivity index (χ0) is 15.7. The normalized spacial score (nSPS) is 10.9. The highest BCUT2D eigenvalue weighted by Crippen LogP contribution is 2.29. The molecule has 22 heavy (non-hydrogen) atoms. The highest BCUT2D eigenvalue weighted by Gasteiger charge is 2.15. The van der Waals surface area contributed by atoms with Gasteiger partial charge in [0.2, 0.25) is 5.95 Å². The Kier molecular flexibility index (Phi) is 3.67. The highest BCUT2D eigenvalue weighted by atomic mass is 19.1. The number of benzene rings is 2. The minimum atomic E-state index is -0.264. The second kappa shape index (κ2) is 5.64. The van der Waals surface area contributed by atoms with Crippen LogP contribution in [-0.2, 0) is 6.42 Å². The van der Waals surface area contributed by atoms with Crippen LogP contribution >= 0.6 is 0 Å². The van der Waals surface area contributed by atoms with Crippen molar-refractivity contribution < 1.29 is 4.39 Å². The van der Waals surface area contributed by atoms with E-state index >= 15 is 0 Å². The molecule has 3 aromatic rings. The topological polar surface area (TPSA) is 43.8 Å². The van der Waals surface area contributed by atoms with Crippen LogP contribution in [0.4, 0.5) is 10.3 Å². The Bertz CT molecular complexity index is 786. The molecule has 4 heteroatoms. The summed E-state index contributed by atoms with van der Waals surface area (Å²) in [5.41, 5.74) is 10.7. The number of nitrogens with two attached hydrogens (primary N) is 1. The second-order valence-electron chi connectivity index (χ2n) is 5.16. The summed E-state index contributed by atoms with van der Waals surface area (Å²) in [6, 6.07) is 14.4. The van der Waals surface area contributed by atoms with Gasteiger partial charge in [-0.3, -0.25) is 4.57 Å². The molecule has 1 aromatic heterocycles. The summed E-state index contributed by atoms with van der Waals surface area (Å²) < 4.78 is 15.0. The summed E-state index contributed by atoms with van der Waals surface area (Å²) in [7, 11) is 0. The number of nitrogen functional groups attached to an aromatic ring is 1. The number of nitrogens with zero attached hydrogens (tertiary/aromatic N) is 2. The van der Waals surface area contributed by atoms with Gasteiger partial charge in [-0.25, -0.2) is 9.37 Å². The van der Waals surface area contributed by atoms with E-state index in [1.807, 2.05) is 35.8 Å². The molecule has 0 saturated heterocycles. The highest BCUT2D eigenvalue weighted by molar-refractivity contribution is 5.68. The number of aryl methyl sites for hydroxylation is 1. The van der Waals surface area contributed by atoms with E-state index in [4.69, 9.17) is 5.73 Å². The molecule has 0 saturated carbocycles. The molecule has 1 radical (unpaired) electrons. The van der Waals surface area contributed by atoms with Gasteiger partial charge in [-0.1, -0.05) is 12.1 Å². The average molecular weight is 294 g/mol. The van der Waals surface area contributed by atoms with Gasteiger partial charge in [0.05, 0.1) is 11.4 Å². The number of anilines is 1. The molecule has 3 nitrogen and oxygen atoms in total. The quantitative estimate of drug-likeness (QED) is 0.795. The average Bonchev–Trinajstić information content (AvgIpc) is 2.82. The second-order valence-corrected chi connectivity index (χ2v) is 5.16. The van der Waals surface area contributed by atoms with E-state index < -0.39 is 0 Å². The van der Waals surface area contributed by atoms with Crippen LogP contribution in [0.1, 0.15) is 11.3 Å². The number of halogens is 1. The van der Waals surface area contributed by atoms with E-state index in [0.29, 0.717) is 5.95 Å². The number of rotatable bonds is 3. The van der Waals surface area contributed by atoms with Crippen LogP contribution in [-0.4, -0.2) is 9.55 Å². The summed E-state index contributed by atoms with van der Waals surface area (Å²) in [6.45, 7) is 5.77. The van der Waals surface area contributed by atoms with Gasteiger partial charge in [0.15, 0.2) is 0 Å².